The lowest BCUT2D eigenvalue weighted by atomic mass is 9.74. The molecule has 0 saturated carbocycles. The third kappa shape index (κ3) is 13.3. The number of hydrogen-bond donors (Lipinski definition) is 1. The van der Waals surface area contributed by atoms with Crippen LogP contribution in [-0.4, -0.2) is 96.1 Å². The number of carbonyl (C=O) groups excluding carboxylic acids is 1. The van der Waals surface area contributed by atoms with Crippen LogP contribution in [-0.2, 0) is 40.3 Å². The summed E-state index contributed by atoms with van der Waals surface area (Å²) >= 11 is 0. The fourth-order valence-corrected chi connectivity index (χ4v) is 10.5. The van der Waals surface area contributed by atoms with E-state index in [1.165, 1.54) is 11.1 Å². The summed E-state index contributed by atoms with van der Waals surface area (Å²) in [6.45, 7) is 8.79. The minimum absolute atomic E-state index is 0.0332. The van der Waals surface area contributed by atoms with Crippen LogP contribution in [0.5, 0.6) is 11.5 Å². The minimum Gasteiger partial charge on any atom is -0.497 e. The van der Waals surface area contributed by atoms with Crippen molar-refractivity contribution in [3.8, 4) is 11.5 Å². The molecule has 2 saturated heterocycles. The van der Waals surface area contributed by atoms with E-state index in [-0.39, 0.29) is 17.1 Å². The molecule has 0 atom stereocenters. The first-order valence-corrected chi connectivity index (χ1v) is 25.3. The zero-order valence-electron chi connectivity index (χ0n) is 41.5. The van der Waals surface area contributed by atoms with Gasteiger partial charge in [-0.2, -0.15) is 0 Å². The van der Waals surface area contributed by atoms with E-state index < -0.39 is 16.8 Å². The summed E-state index contributed by atoms with van der Waals surface area (Å²) in [5, 5.41) is 12.1. The van der Waals surface area contributed by atoms with Gasteiger partial charge in [-0.05, 0) is 182 Å². The quantitative estimate of drug-likeness (QED) is 0.0696. The van der Waals surface area contributed by atoms with Crippen molar-refractivity contribution in [2.45, 2.75) is 97.1 Å². The van der Waals surface area contributed by atoms with Gasteiger partial charge in [-0.15, -0.1) is 0 Å². The van der Waals surface area contributed by atoms with Crippen LogP contribution in [0.15, 0.2) is 131 Å². The maximum atomic E-state index is 13.1. The van der Waals surface area contributed by atoms with E-state index in [0.717, 1.165) is 118 Å². The van der Waals surface area contributed by atoms with Gasteiger partial charge in [0, 0.05) is 37.4 Å². The van der Waals surface area contributed by atoms with Crippen LogP contribution < -0.4 is 20.6 Å². The summed E-state index contributed by atoms with van der Waals surface area (Å²) in [5.74, 6) is 0.641. The standard InChI is InChI=1S/C30H38N2O4.C28H34N2O4/c1-3-36-29(34)30(17-21-31(22-18-30)19-7-11-24-9-5-4-6-10-24)16-8-20-32-27-23-26(35-2)14-12-25(27)13-15-28(32)33;1-34-24-12-10-23-11-13-26(31)30(25(23)21-24)18-6-14-28(27(32)33)15-19-29(20-16-28)17-5-9-22-7-3-2-4-8-22/h4-6,9-10,12-15,23H,3,7-8,11,16-22H2,1-2H3;2-4,7-8,10-13,21H,5-6,9,14-20H2,1H3,(H,32,33). The fraction of sp³-hybridized carbons (Fsp3) is 0.448. The number of aryl methyl sites for hydroxylation is 4. The summed E-state index contributed by atoms with van der Waals surface area (Å²) in [6, 6.07) is 39.4. The molecule has 2 aromatic heterocycles. The van der Waals surface area contributed by atoms with E-state index in [1.807, 2.05) is 61.5 Å². The van der Waals surface area contributed by atoms with Crippen molar-refractivity contribution < 1.29 is 28.9 Å². The molecule has 70 heavy (non-hydrogen) atoms. The highest BCUT2D eigenvalue weighted by Crippen LogP contribution is 2.39. The number of likely N-dealkylation sites (tertiary alicyclic amines) is 2. The lowest BCUT2D eigenvalue weighted by Gasteiger charge is -2.40. The zero-order valence-corrected chi connectivity index (χ0v) is 41.5. The number of ether oxygens (including phenoxy) is 3. The molecule has 0 amide bonds. The van der Waals surface area contributed by atoms with Gasteiger partial charge in [-0.3, -0.25) is 19.2 Å². The number of rotatable bonds is 21. The topological polar surface area (TPSA) is 133 Å². The predicted octanol–water partition coefficient (Wildman–Crippen LogP) is 9.66. The molecule has 0 radical (unpaired) electrons. The van der Waals surface area contributed by atoms with Crippen LogP contribution in [0.2, 0.25) is 0 Å². The summed E-state index contributed by atoms with van der Waals surface area (Å²) in [6.07, 6.45) is 9.92. The number of benzene rings is 4. The SMILES string of the molecule is CCOC(=O)C1(CCCn2c(=O)ccc3ccc(OC)cc32)CCN(CCCc2ccccc2)CC1.COc1ccc2ccc(=O)n(CCCC3(C(=O)O)CCN(CCCc4ccccc4)CC3)c2c1. The van der Waals surface area contributed by atoms with E-state index in [4.69, 9.17) is 14.2 Å². The molecule has 12 heteroatoms. The van der Waals surface area contributed by atoms with Crippen molar-refractivity contribution in [1.29, 1.82) is 0 Å². The van der Waals surface area contributed by atoms with Gasteiger partial charge in [-0.1, -0.05) is 60.7 Å². The Morgan fingerprint density at radius 1 is 0.543 bits per heavy atom. The Labute approximate surface area is 412 Å². The maximum absolute atomic E-state index is 13.1. The molecule has 6 aromatic rings. The minimum atomic E-state index is -0.707. The fourth-order valence-electron chi connectivity index (χ4n) is 10.5. The van der Waals surface area contributed by atoms with E-state index in [1.54, 1.807) is 35.5 Å². The molecule has 0 aliphatic carbocycles. The zero-order chi connectivity index (χ0) is 49.4. The lowest BCUT2D eigenvalue weighted by Crippen LogP contribution is -2.45. The molecule has 0 bridgehead atoms. The number of piperidine rings is 2. The van der Waals surface area contributed by atoms with Crippen LogP contribution in [0.1, 0.15) is 82.3 Å². The number of esters is 1. The Kier molecular flexibility index (Phi) is 18.5. The monoisotopic (exact) mass is 953 g/mol. The first kappa shape index (κ1) is 51.6. The van der Waals surface area contributed by atoms with Gasteiger partial charge < -0.3 is 38.3 Å². The molecule has 8 rings (SSSR count). The van der Waals surface area contributed by atoms with Gasteiger partial charge in [0.1, 0.15) is 11.5 Å². The Balaban J connectivity index is 0.000000207. The van der Waals surface area contributed by atoms with Crippen molar-refractivity contribution in [2.24, 2.45) is 10.8 Å². The van der Waals surface area contributed by atoms with Crippen LogP contribution in [0.3, 0.4) is 0 Å². The second-order valence-corrected chi connectivity index (χ2v) is 19.2. The highest BCUT2D eigenvalue weighted by atomic mass is 16.5. The average Bonchev–Trinajstić information content (AvgIpc) is 3.39. The number of fused-ring (bicyclic) bond motifs is 2. The van der Waals surface area contributed by atoms with Gasteiger partial charge >= 0.3 is 11.9 Å². The molecule has 2 aliphatic heterocycles. The molecule has 4 heterocycles. The highest BCUT2D eigenvalue weighted by molar-refractivity contribution is 5.81. The number of carboxylic acid groups (broad SMARTS) is 1. The Hall–Kier alpha value is -6.24. The molecule has 0 spiro atoms. The Bertz CT molecular complexity index is 2740. The number of carbonyl (C=O) groups is 2. The smallest absolute Gasteiger partial charge is 0.312 e. The third-order valence-electron chi connectivity index (χ3n) is 14.8. The highest BCUT2D eigenvalue weighted by Gasteiger charge is 2.42. The molecule has 2 fully saturated rings. The van der Waals surface area contributed by atoms with Gasteiger partial charge in [0.05, 0.1) is 42.7 Å². The molecule has 2 aliphatic rings. The van der Waals surface area contributed by atoms with Crippen LogP contribution in [0.25, 0.3) is 21.8 Å². The van der Waals surface area contributed by atoms with Gasteiger partial charge in [0.2, 0.25) is 0 Å². The predicted molar refractivity (Wildman–Crippen MR) is 278 cm³/mol. The van der Waals surface area contributed by atoms with Gasteiger partial charge in [-0.25, -0.2) is 0 Å². The summed E-state index contributed by atoms with van der Waals surface area (Å²) < 4.78 is 19.8. The number of methoxy groups -OCH3 is 2. The molecule has 1 N–H and O–H groups in total. The molecule has 4 aromatic carbocycles. The summed E-state index contributed by atoms with van der Waals surface area (Å²) in [7, 11) is 3.24. The summed E-state index contributed by atoms with van der Waals surface area (Å²) in [4.78, 5) is 55.5. The van der Waals surface area contributed by atoms with Crippen molar-refractivity contribution in [2.75, 3.05) is 60.1 Å². The normalized spacial score (nSPS) is 15.8. The lowest BCUT2D eigenvalue weighted by molar-refractivity contribution is -0.159. The van der Waals surface area contributed by atoms with Crippen molar-refractivity contribution in [1.82, 2.24) is 18.9 Å². The molecule has 0 unspecified atom stereocenters. The van der Waals surface area contributed by atoms with Gasteiger partial charge in [0.15, 0.2) is 0 Å². The largest absolute Gasteiger partial charge is 0.497 e. The number of nitrogens with zero attached hydrogens (tertiary/aromatic N) is 4. The molecular weight excluding hydrogens is 881 g/mol. The van der Waals surface area contributed by atoms with E-state index >= 15 is 0 Å². The van der Waals surface area contributed by atoms with Crippen LogP contribution in [0.4, 0.5) is 0 Å². The van der Waals surface area contributed by atoms with E-state index in [0.29, 0.717) is 51.1 Å². The Morgan fingerprint density at radius 3 is 1.37 bits per heavy atom. The second-order valence-electron chi connectivity index (χ2n) is 19.2. The van der Waals surface area contributed by atoms with E-state index in [9.17, 15) is 24.3 Å². The first-order valence-electron chi connectivity index (χ1n) is 25.3. The van der Waals surface area contributed by atoms with E-state index in [2.05, 4.69) is 64.4 Å². The maximum Gasteiger partial charge on any atom is 0.312 e. The number of pyridine rings is 2. The number of aliphatic carboxylic acids is 1. The van der Waals surface area contributed by atoms with Crippen molar-refractivity contribution in [3.05, 3.63) is 153 Å². The van der Waals surface area contributed by atoms with Crippen LogP contribution in [0, 0.1) is 10.8 Å². The second kappa shape index (κ2) is 25.0. The molecule has 12 nitrogen and oxygen atoms in total. The number of aromatic nitrogens is 2. The third-order valence-corrected chi connectivity index (χ3v) is 14.8. The number of carboxylic acids is 1. The first-order chi connectivity index (χ1) is 34.0. The molecular formula is C58H72N4O8. The van der Waals surface area contributed by atoms with Gasteiger partial charge in [0.25, 0.3) is 11.1 Å². The average molecular weight is 953 g/mol. The Morgan fingerprint density at radius 2 is 0.957 bits per heavy atom. The van der Waals surface area contributed by atoms with Crippen molar-refractivity contribution in [3.63, 3.8) is 0 Å². The molecule has 372 valence electrons. The van der Waals surface area contributed by atoms with Crippen LogP contribution >= 0.6 is 0 Å². The number of hydrogen-bond acceptors (Lipinski definition) is 9. The van der Waals surface area contributed by atoms with Crippen molar-refractivity contribution >= 4 is 33.7 Å². The summed E-state index contributed by atoms with van der Waals surface area (Å²) in [5.41, 5.74) is 3.12.